The Kier molecular flexibility index (Phi) is 5.74. The van der Waals surface area contributed by atoms with E-state index in [9.17, 15) is 8.42 Å². The van der Waals surface area contributed by atoms with Gasteiger partial charge in [-0.1, -0.05) is 20.8 Å². The van der Waals surface area contributed by atoms with Crippen molar-refractivity contribution in [3.63, 3.8) is 0 Å². The van der Waals surface area contributed by atoms with E-state index < -0.39 is 9.84 Å². The van der Waals surface area contributed by atoms with E-state index in [1.165, 1.54) is 0 Å². The third-order valence-electron chi connectivity index (χ3n) is 2.40. The normalized spacial score (nSPS) is 12.2. The molecule has 0 aliphatic heterocycles. The predicted molar refractivity (Wildman–Crippen MR) is 70.9 cm³/mol. The van der Waals surface area contributed by atoms with E-state index in [0.717, 1.165) is 0 Å². The lowest BCUT2D eigenvalue weighted by Gasteiger charge is -2.04. The summed E-state index contributed by atoms with van der Waals surface area (Å²) in [5.41, 5.74) is 0. The Morgan fingerprint density at radius 1 is 1.39 bits per heavy atom. The van der Waals surface area contributed by atoms with Crippen LogP contribution in [0.25, 0.3) is 0 Å². The first kappa shape index (κ1) is 15.1. The molecule has 0 unspecified atom stereocenters. The lowest BCUT2D eigenvalue weighted by Crippen LogP contribution is -2.22. The average molecular weight is 274 g/mol. The van der Waals surface area contributed by atoms with Gasteiger partial charge in [-0.15, -0.1) is 0 Å². The van der Waals surface area contributed by atoms with Crippen molar-refractivity contribution in [1.29, 1.82) is 0 Å². The number of sulfone groups is 1. The van der Waals surface area contributed by atoms with Crippen LogP contribution in [-0.4, -0.2) is 40.7 Å². The fourth-order valence-corrected chi connectivity index (χ4v) is 2.75. The molecule has 0 amide bonds. The van der Waals surface area contributed by atoms with Crippen LogP contribution < -0.4 is 5.32 Å². The number of nitrogens with zero attached hydrogens (tertiary/aromatic N) is 3. The molecular formula is C11H22N4O2S. The van der Waals surface area contributed by atoms with Crippen LogP contribution in [0.1, 0.15) is 33.0 Å². The Morgan fingerprint density at radius 3 is 2.72 bits per heavy atom. The second-order valence-corrected chi connectivity index (χ2v) is 6.91. The van der Waals surface area contributed by atoms with Gasteiger partial charge in [-0.3, -0.25) is 4.68 Å². The smallest absolute Gasteiger partial charge is 0.164 e. The van der Waals surface area contributed by atoms with E-state index in [1.807, 2.05) is 20.8 Å². The van der Waals surface area contributed by atoms with Crippen molar-refractivity contribution in [2.24, 2.45) is 0 Å². The van der Waals surface area contributed by atoms with Gasteiger partial charge in [0.1, 0.15) is 6.33 Å². The zero-order chi connectivity index (χ0) is 13.6. The minimum Gasteiger partial charge on any atom is -0.308 e. The second-order valence-electron chi connectivity index (χ2n) is 4.61. The highest BCUT2D eigenvalue weighted by molar-refractivity contribution is 7.91. The number of aryl methyl sites for hydroxylation is 1. The summed E-state index contributed by atoms with van der Waals surface area (Å²) in [5.74, 6) is 1.06. The van der Waals surface area contributed by atoms with Crippen molar-refractivity contribution in [2.75, 3.05) is 11.5 Å². The first-order valence-corrected chi connectivity index (χ1v) is 8.07. The molecule has 7 heteroatoms. The molecule has 104 valence electrons. The molecule has 6 nitrogen and oxygen atoms in total. The van der Waals surface area contributed by atoms with Gasteiger partial charge in [-0.05, 0) is 6.42 Å². The summed E-state index contributed by atoms with van der Waals surface area (Å²) in [7, 11) is -2.95. The quantitative estimate of drug-likeness (QED) is 0.751. The topological polar surface area (TPSA) is 76.9 Å². The molecule has 1 N–H and O–H groups in total. The monoisotopic (exact) mass is 274 g/mol. The van der Waals surface area contributed by atoms with Crippen LogP contribution in [0.15, 0.2) is 6.33 Å². The van der Waals surface area contributed by atoms with Crippen LogP contribution in [0, 0.1) is 0 Å². The maximum absolute atomic E-state index is 11.6. The first-order valence-electron chi connectivity index (χ1n) is 6.25. The molecule has 0 saturated heterocycles. The van der Waals surface area contributed by atoms with Crippen LogP contribution in [-0.2, 0) is 22.9 Å². The van der Waals surface area contributed by atoms with Crippen molar-refractivity contribution in [3.8, 4) is 0 Å². The fraction of sp³-hybridized carbons (Fsp3) is 0.818. The Labute approximate surface area is 109 Å². The molecule has 0 atom stereocenters. The molecule has 0 saturated carbocycles. The summed E-state index contributed by atoms with van der Waals surface area (Å²) in [6, 6.07) is 0.377. The summed E-state index contributed by atoms with van der Waals surface area (Å²) in [5, 5.41) is 7.44. The van der Waals surface area contributed by atoms with E-state index in [4.69, 9.17) is 0 Å². The average Bonchev–Trinajstić information content (AvgIpc) is 2.72. The Morgan fingerprint density at radius 2 is 2.11 bits per heavy atom. The van der Waals surface area contributed by atoms with Gasteiger partial charge in [0.2, 0.25) is 0 Å². The molecule has 0 aliphatic rings. The Hall–Kier alpha value is -0.950. The standard InChI is InChI=1S/C11H22N4O2S/c1-4-6-18(16,17)7-5-15-9-13-11(14-15)8-12-10(2)3/h9-10,12H,4-8H2,1-3H3. The molecule has 1 heterocycles. The zero-order valence-electron chi connectivity index (χ0n) is 11.3. The van der Waals surface area contributed by atoms with Crippen LogP contribution in [0.5, 0.6) is 0 Å². The number of rotatable bonds is 8. The van der Waals surface area contributed by atoms with Gasteiger partial charge in [0.25, 0.3) is 0 Å². The summed E-state index contributed by atoms with van der Waals surface area (Å²) in [4.78, 5) is 4.13. The van der Waals surface area contributed by atoms with Gasteiger partial charge in [-0.2, -0.15) is 5.10 Å². The third kappa shape index (κ3) is 5.59. The molecule has 0 bridgehead atoms. The SMILES string of the molecule is CCCS(=O)(=O)CCn1cnc(CNC(C)C)n1. The molecule has 18 heavy (non-hydrogen) atoms. The molecule has 0 aromatic carbocycles. The van der Waals surface area contributed by atoms with Crippen LogP contribution in [0.2, 0.25) is 0 Å². The highest BCUT2D eigenvalue weighted by Gasteiger charge is 2.10. The molecule has 1 aromatic rings. The highest BCUT2D eigenvalue weighted by Crippen LogP contribution is 1.97. The summed E-state index contributed by atoms with van der Waals surface area (Å²) >= 11 is 0. The fourth-order valence-electron chi connectivity index (χ4n) is 1.46. The van der Waals surface area contributed by atoms with Crippen molar-refractivity contribution in [1.82, 2.24) is 20.1 Å². The number of nitrogens with one attached hydrogen (secondary N) is 1. The van der Waals surface area contributed by atoms with Gasteiger partial charge in [-0.25, -0.2) is 13.4 Å². The molecule has 0 fully saturated rings. The van der Waals surface area contributed by atoms with Crippen molar-refractivity contribution in [2.45, 2.75) is 46.3 Å². The van der Waals surface area contributed by atoms with Crippen molar-refractivity contribution < 1.29 is 8.42 Å². The van der Waals surface area contributed by atoms with Gasteiger partial charge in [0, 0.05) is 11.8 Å². The van der Waals surface area contributed by atoms with Crippen LogP contribution >= 0.6 is 0 Å². The first-order chi connectivity index (χ1) is 8.43. The zero-order valence-corrected chi connectivity index (χ0v) is 12.1. The maximum atomic E-state index is 11.6. The number of aromatic nitrogens is 3. The molecule has 1 rings (SSSR count). The highest BCUT2D eigenvalue weighted by atomic mass is 32.2. The van der Waals surface area contributed by atoms with Crippen LogP contribution in [0.3, 0.4) is 0 Å². The van der Waals surface area contributed by atoms with Gasteiger partial charge < -0.3 is 5.32 Å². The van der Waals surface area contributed by atoms with E-state index in [0.29, 0.717) is 31.4 Å². The lowest BCUT2D eigenvalue weighted by atomic mass is 10.4. The van der Waals surface area contributed by atoms with Crippen LogP contribution in [0.4, 0.5) is 0 Å². The van der Waals surface area contributed by atoms with Gasteiger partial charge in [0.05, 0.1) is 18.8 Å². The molecule has 1 aromatic heterocycles. The predicted octanol–water partition coefficient (Wildman–Crippen LogP) is 0.601. The van der Waals surface area contributed by atoms with Gasteiger partial charge in [0.15, 0.2) is 15.7 Å². The Balaban J connectivity index is 2.44. The van der Waals surface area contributed by atoms with E-state index in [1.54, 1.807) is 11.0 Å². The van der Waals surface area contributed by atoms with E-state index in [-0.39, 0.29) is 11.5 Å². The van der Waals surface area contributed by atoms with Crippen molar-refractivity contribution >= 4 is 9.84 Å². The van der Waals surface area contributed by atoms with E-state index >= 15 is 0 Å². The molecule has 0 radical (unpaired) electrons. The van der Waals surface area contributed by atoms with Crippen molar-refractivity contribution in [3.05, 3.63) is 12.2 Å². The van der Waals surface area contributed by atoms with Gasteiger partial charge >= 0.3 is 0 Å². The van der Waals surface area contributed by atoms with E-state index in [2.05, 4.69) is 15.4 Å². The summed E-state index contributed by atoms with van der Waals surface area (Å²) in [6.07, 6.45) is 2.24. The minimum absolute atomic E-state index is 0.126. The number of hydrogen-bond donors (Lipinski definition) is 1. The second kappa shape index (κ2) is 6.84. The Bertz CT molecular complexity index is 453. The number of hydrogen-bond acceptors (Lipinski definition) is 5. The minimum atomic E-state index is -2.95. The molecular weight excluding hydrogens is 252 g/mol. The summed E-state index contributed by atoms with van der Waals surface area (Å²) < 4.78 is 24.7. The largest absolute Gasteiger partial charge is 0.308 e. The molecule has 0 spiro atoms. The third-order valence-corrected chi connectivity index (χ3v) is 4.23. The lowest BCUT2D eigenvalue weighted by molar-refractivity contribution is 0.558. The maximum Gasteiger partial charge on any atom is 0.164 e. The molecule has 0 aliphatic carbocycles. The summed E-state index contributed by atoms with van der Waals surface area (Å²) in [6.45, 7) is 6.94.